The molecule has 106 valence electrons. The lowest BCUT2D eigenvalue weighted by molar-refractivity contribution is -0.115. The van der Waals surface area contributed by atoms with Gasteiger partial charge in [0, 0.05) is 17.4 Å². The van der Waals surface area contributed by atoms with Crippen molar-refractivity contribution < 1.29 is 9.59 Å². The Balaban J connectivity index is 1.84. The highest BCUT2D eigenvalue weighted by Crippen LogP contribution is 2.26. The largest absolute Gasteiger partial charge is 0.326 e. The number of hydrogen-bond donors (Lipinski definition) is 3. The number of aryl methyl sites for hydroxylation is 1. The molecule has 0 saturated carbocycles. The van der Waals surface area contributed by atoms with Gasteiger partial charge in [-0.25, -0.2) is 0 Å². The van der Waals surface area contributed by atoms with Gasteiger partial charge in [-0.15, -0.1) is 0 Å². The first-order valence-electron chi connectivity index (χ1n) is 6.46. The van der Waals surface area contributed by atoms with Crippen molar-refractivity contribution in [2.75, 3.05) is 10.6 Å². The molecule has 3 N–H and O–H groups in total. The van der Waals surface area contributed by atoms with Crippen LogP contribution in [0, 0.1) is 6.92 Å². The minimum atomic E-state index is -0.395. The molecule has 0 atom stereocenters. The molecule has 1 aromatic carbocycles. The normalized spacial score (nSPS) is 12.7. The van der Waals surface area contributed by atoms with Crippen LogP contribution in [-0.2, 0) is 11.2 Å². The number of benzene rings is 1. The van der Waals surface area contributed by atoms with Crippen LogP contribution in [0.15, 0.2) is 35.1 Å². The van der Waals surface area contributed by atoms with Crippen molar-refractivity contribution in [1.82, 2.24) is 4.98 Å². The molecule has 1 aromatic heterocycles. The van der Waals surface area contributed by atoms with Crippen LogP contribution in [0.2, 0.25) is 0 Å². The third kappa shape index (κ3) is 2.69. The minimum absolute atomic E-state index is 0.0588. The van der Waals surface area contributed by atoms with Gasteiger partial charge in [0.2, 0.25) is 11.5 Å². The molecule has 6 heteroatoms. The quantitative estimate of drug-likeness (QED) is 0.778. The van der Waals surface area contributed by atoms with E-state index in [0.717, 1.165) is 11.3 Å². The van der Waals surface area contributed by atoms with Crippen LogP contribution >= 0.6 is 0 Å². The Morgan fingerprint density at radius 1 is 1.19 bits per heavy atom. The van der Waals surface area contributed by atoms with Gasteiger partial charge < -0.3 is 15.6 Å². The zero-order valence-electron chi connectivity index (χ0n) is 11.3. The van der Waals surface area contributed by atoms with Crippen LogP contribution < -0.4 is 16.2 Å². The van der Waals surface area contributed by atoms with Crippen LogP contribution in [0.3, 0.4) is 0 Å². The van der Waals surface area contributed by atoms with Crippen LogP contribution in [0.4, 0.5) is 11.4 Å². The van der Waals surface area contributed by atoms with E-state index in [1.165, 1.54) is 6.07 Å². The number of amides is 2. The molecular weight excluding hydrogens is 270 g/mol. The van der Waals surface area contributed by atoms with E-state index in [0.29, 0.717) is 17.7 Å². The van der Waals surface area contributed by atoms with Gasteiger partial charge in [-0.3, -0.25) is 14.4 Å². The summed E-state index contributed by atoms with van der Waals surface area (Å²) >= 11 is 0. The molecule has 0 radical (unpaired) electrons. The number of carbonyl (C=O) groups excluding carboxylic acids is 2. The fraction of sp³-hybridized carbons (Fsp3) is 0.133. The Hall–Kier alpha value is -2.89. The molecular formula is C15H13N3O3. The summed E-state index contributed by atoms with van der Waals surface area (Å²) in [5, 5.41) is 5.43. The van der Waals surface area contributed by atoms with E-state index in [-0.39, 0.29) is 17.2 Å². The zero-order valence-corrected chi connectivity index (χ0v) is 11.3. The first-order valence-corrected chi connectivity index (χ1v) is 6.46. The highest BCUT2D eigenvalue weighted by molar-refractivity contribution is 6.04. The lowest BCUT2D eigenvalue weighted by Gasteiger charge is -2.07. The highest BCUT2D eigenvalue weighted by atomic mass is 16.2. The summed E-state index contributed by atoms with van der Waals surface area (Å²) in [6.07, 6.45) is 0.306. The highest BCUT2D eigenvalue weighted by Gasteiger charge is 2.18. The van der Waals surface area contributed by atoms with Gasteiger partial charge in [0.25, 0.3) is 5.91 Å². The number of rotatable bonds is 2. The van der Waals surface area contributed by atoms with Gasteiger partial charge in [0.05, 0.1) is 6.42 Å². The van der Waals surface area contributed by atoms with Gasteiger partial charge in [0.15, 0.2) is 0 Å². The van der Waals surface area contributed by atoms with Crippen molar-refractivity contribution >= 4 is 23.2 Å². The first kappa shape index (κ1) is 13.1. The maximum absolute atomic E-state index is 12.1. The number of anilines is 2. The molecule has 0 bridgehead atoms. The average molecular weight is 283 g/mol. The Morgan fingerprint density at radius 3 is 2.76 bits per heavy atom. The Morgan fingerprint density at radius 2 is 2.00 bits per heavy atom. The molecule has 0 fully saturated rings. The maximum Gasteiger partial charge on any atom is 0.272 e. The molecule has 2 aromatic rings. The van der Waals surface area contributed by atoms with E-state index in [1.807, 2.05) is 0 Å². The third-order valence-electron chi connectivity index (χ3n) is 3.22. The minimum Gasteiger partial charge on any atom is -0.326 e. The van der Waals surface area contributed by atoms with Crippen LogP contribution in [0.1, 0.15) is 21.6 Å². The Bertz CT molecular complexity index is 808. The lowest BCUT2D eigenvalue weighted by Crippen LogP contribution is -2.18. The molecule has 0 spiro atoms. The topological polar surface area (TPSA) is 91.1 Å². The van der Waals surface area contributed by atoms with E-state index >= 15 is 0 Å². The van der Waals surface area contributed by atoms with Gasteiger partial charge in [-0.05, 0) is 42.3 Å². The number of hydrogen-bond acceptors (Lipinski definition) is 3. The number of aromatic amines is 1. The number of carbonyl (C=O) groups is 2. The predicted molar refractivity (Wildman–Crippen MR) is 78.5 cm³/mol. The van der Waals surface area contributed by atoms with Gasteiger partial charge in [-0.1, -0.05) is 0 Å². The summed E-state index contributed by atoms with van der Waals surface area (Å²) in [6, 6.07) is 8.22. The Labute approximate surface area is 120 Å². The summed E-state index contributed by atoms with van der Waals surface area (Å²) < 4.78 is 0. The van der Waals surface area contributed by atoms with E-state index in [1.54, 1.807) is 31.2 Å². The fourth-order valence-electron chi connectivity index (χ4n) is 2.31. The summed E-state index contributed by atoms with van der Waals surface area (Å²) in [5.74, 6) is -0.454. The smallest absolute Gasteiger partial charge is 0.272 e. The average Bonchev–Trinajstić information content (AvgIpc) is 2.77. The number of aromatic nitrogens is 1. The number of nitrogens with one attached hydrogen (secondary N) is 3. The molecule has 1 aliphatic rings. The van der Waals surface area contributed by atoms with Crippen molar-refractivity contribution in [3.8, 4) is 0 Å². The second-order valence-corrected chi connectivity index (χ2v) is 4.99. The molecule has 0 unspecified atom stereocenters. The van der Waals surface area contributed by atoms with Crippen molar-refractivity contribution in [3.05, 3.63) is 57.5 Å². The van der Waals surface area contributed by atoms with Gasteiger partial charge >= 0.3 is 0 Å². The number of pyridine rings is 1. The molecule has 21 heavy (non-hydrogen) atoms. The van der Waals surface area contributed by atoms with Crippen molar-refractivity contribution in [3.63, 3.8) is 0 Å². The second-order valence-electron chi connectivity index (χ2n) is 4.99. The summed E-state index contributed by atoms with van der Waals surface area (Å²) in [5.41, 5.74) is 2.79. The predicted octanol–water partition coefficient (Wildman–Crippen LogP) is 1.43. The molecule has 6 nitrogen and oxygen atoms in total. The van der Waals surface area contributed by atoms with Gasteiger partial charge in [0.1, 0.15) is 5.69 Å². The van der Waals surface area contributed by atoms with Crippen molar-refractivity contribution in [1.29, 1.82) is 0 Å². The van der Waals surface area contributed by atoms with Gasteiger partial charge in [-0.2, -0.15) is 0 Å². The van der Waals surface area contributed by atoms with Crippen LogP contribution in [0.5, 0.6) is 0 Å². The third-order valence-corrected chi connectivity index (χ3v) is 3.22. The lowest BCUT2D eigenvalue weighted by atomic mass is 10.1. The van der Waals surface area contributed by atoms with E-state index in [9.17, 15) is 14.4 Å². The SMILES string of the molecule is Cc1cc(C(=O)Nc2ccc3c(c2)CC(=O)N3)[nH]c(=O)c1. The number of fused-ring (bicyclic) bond motifs is 1. The Kier molecular flexibility index (Phi) is 3.06. The molecule has 1 aliphatic heterocycles. The zero-order chi connectivity index (χ0) is 15.0. The fourth-order valence-corrected chi connectivity index (χ4v) is 2.31. The molecule has 0 saturated heterocycles. The second kappa shape index (κ2) is 4.90. The molecule has 0 aliphatic carbocycles. The standard InChI is InChI=1S/C15H13N3O3/c1-8-4-12(18-13(19)5-8)15(21)16-10-2-3-11-9(6-10)7-14(20)17-11/h2-6H,7H2,1H3,(H,16,21)(H,17,20)(H,18,19). The molecule has 2 amide bonds. The molecule has 3 rings (SSSR count). The monoisotopic (exact) mass is 283 g/mol. The summed E-state index contributed by atoms with van der Waals surface area (Å²) in [4.78, 5) is 37.3. The first-order chi connectivity index (χ1) is 10.0. The van der Waals surface area contributed by atoms with E-state index in [2.05, 4.69) is 15.6 Å². The van der Waals surface area contributed by atoms with E-state index < -0.39 is 5.91 Å². The number of H-pyrrole nitrogens is 1. The summed E-state index contributed by atoms with van der Waals surface area (Å²) in [7, 11) is 0. The summed E-state index contributed by atoms with van der Waals surface area (Å²) in [6.45, 7) is 1.75. The van der Waals surface area contributed by atoms with E-state index in [4.69, 9.17) is 0 Å². The van der Waals surface area contributed by atoms with Crippen LogP contribution in [-0.4, -0.2) is 16.8 Å². The van der Waals surface area contributed by atoms with Crippen molar-refractivity contribution in [2.45, 2.75) is 13.3 Å². The molecule has 2 heterocycles. The maximum atomic E-state index is 12.1. The van der Waals surface area contributed by atoms with Crippen LogP contribution in [0.25, 0.3) is 0 Å². The van der Waals surface area contributed by atoms with Crippen molar-refractivity contribution in [2.24, 2.45) is 0 Å².